The molecule has 5 nitrogen and oxygen atoms in total. The quantitative estimate of drug-likeness (QED) is 0.732. The summed E-state index contributed by atoms with van der Waals surface area (Å²) in [6, 6.07) is 18.0. The van der Waals surface area contributed by atoms with Crippen molar-refractivity contribution < 1.29 is 9.53 Å². The highest BCUT2D eigenvalue weighted by molar-refractivity contribution is 5.95. The molecule has 142 valence electrons. The largest absolute Gasteiger partial charge is 0.496 e. The van der Waals surface area contributed by atoms with E-state index in [0.717, 1.165) is 54.2 Å². The van der Waals surface area contributed by atoms with Crippen molar-refractivity contribution in [1.82, 2.24) is 9.78 Å². The zero-order chi connectivity index (χ0) is 19.1. The van der Waals surface area contributed by atoms with E-state index < -0.39 is 0 Å². The fourth-order valence-electron chi connectivity index (χ4n) is 4.29. The summed E-state index contributed by atoms with van der Waals surface area (Å²) in [6.07, 6.45) is 3.90. The molecule has 1 N–H and O–H groups in total. The lowest BCUT2D eigenvalue weighted by Crippen LogP contribution is -2.18. The van der Waals surface area contributed by atoms with E-state index in [2.05, 4.69) is 11.4 Å². The molecule has 2 aromatic carbocycles. The number of aromatic nitrogens is 2. The first kappa shape index (κ1) is 17.0. The molecule has 0 unspecified atom stereocenters. The highest BCUT2D eigenvalue weighted by Crippen LogP contribution is 2.51. The molecule has 0 aliphatic heterocycles. The van der Waals surface area contributed by atoms with Crippen LogP contribution in [0.1, 0.15) is 35.6 Å². The van der Waals surface area contributed by atoms with Crippen LogP contribution in [-0.2, 0) is 17.6 Å². The maximum absolute atomic E-state index is 13.0. The Morgan fingerprint density at radius 3 is 2.71 bits per heavy atom. The van der Waals surface area contributed by atoms with Crippen LogP contribution in [0.3, 0.4) is 0 Å². The van der Waals surface area contributed by atoms with E-state index >= 15 is 0 Å². The first-order valence-corrected chi connectivity index (χ1v) is 9.86. The molecule has 1 saturated carbocycles. The molecule has 1 aromatic heterocycles. The molecule has 5 heteroatoms. The van der Waals surface area contributed by atoms with Gasteiger partial charge >= 0.3 is 0 Å². The Morgan fingerprint density at radius 2 is 1.89 bits per heavy atom. The van der Waals surface area contributed by atoms with Crippen molar-refractivity contribution in [1.29, 1.82) is 0 Å². The molecule has 1 heterocycles. The van der Waals surface area contributed by atoms with Gasteiger partial charge in [-0.3, -0.25) is 4.79 Å². The highest BCUT2D eigenvalue weighted by atomic mass is 16.5. The molecule has 0 saturated heterocycles. The third-order valence-corrected chi connectivity index (χ3v) is 5.82. The van der Waals surface area contributed by atoms with Gasteiger partial charge in [0, 0.05) is 11.5 Å². The molecule has 0 radical (unpaired) electrons. The Kier molecular flexibility index (Phi) is 4.15. The van der Waals surface area contributed by atoms with Crippen LogP contribution in [0.2, 0.25) is 0 Å². The van der Waals surface area contributed by atoms with E-state index in [1.165, 1.54) is 5.56 Å². The Labute approximate surface area is 164 Å². The number of carbonyl (C=O) groups excluding carboxylic acids is 1. The maximum Gasteiger partial charge on any atom is 0.229 e. The SMILES string of the molecule is COc1ccccc1[C@@H]1C[C@@H]1C(=O)Nc1c2c(nn1-c1ccccc1)CCC2. The van der Waals surface area contributed by atoms with Gasteiger partial charge in [0.2, 0.25) is 5.91 Å². The molecule has 1 fully saturated rings. The molecule has 5 rings (SSSR count). The normalized spacial score (nSPS) is 19.9. The van der Waals surface area contributed by atoms with E-state index in [1.807, 2.05) is 53.2 Å². The number of para-hydroxylation sites is 2. The molecule has 0 bridgehead atoms. The topological polar surface area (TPSA) is 56.1 Å². The lowest BCUT2D eigenvalue weighted by atomic mass is 10.1. The number of nitrogens with zero attached hydrogens (tertiary/aromatic N) is 2. The number of aryl methyl sites for hydroxylation is 1. The van der Waals surface area contributed by atoms with Gasteiger partial charge in [-0.15, -0.1) is 0 Å². The van der Waals surface area contributed by atoms with Crippen LogP contribution >= 0.6 is 0 Å². The fraction of sp³-hybridized carbons (Fsp3) is 0.304. The summed E-state index contributed by atoms with van der Waals surface area (Å²) in [5.41, 5.74) is 4.39. The van der Waals surface area contributed by atoms with E-state index in [0.29, 0.717) is 0 Å². The molecule has 2 aliphatic rings. The Hall–Kier alpha value is -3.08. The van der Waals surface area contributed by atoms with E-state index in [9.17, 15) is 4.79 Å². The van der Waals surface area contributed by atoms with Gasteiger partial charge in [0.25, 0.3) is 0 Å². The minimum Gasteiger partial charge on any atom is -0.496 e. The molecule has 3 aromatic rings. The van der Waals surface area contributed by atoms with Gasteiger partial charge in [-0.1, -0.05) is 36.4 Å². The summed E-state index contributed by atoms with van der Waals surface area (Å²) in [5.74, 6) is 1.97. The zero-order valence-corrected chi connectivity index (χ0v) is 15.9. The highest BCUT2D eigenvalue weighted by Gasteiger charge is 2.45. The van der Waals surface area contributed by atoms with Gasteiger partial charge in [0.05, 0.1) is 18.5 Å². The van der Waals surface area contributed by atoms with Gasteiger partial charge in [0.1, 0.15) is 11.6 Å². The number of anilines is 1. The first-order chi connectivity index (χ1) is 13.8. The average Bonchev–Trinajstić information content (AvgIpc) is 3.29. The van der Waals surface area contributed by atoms with Crippen molar-refractivity contribution >= 4 is 11.7 Å². The van der Waals surface area contributed by atoms with Crippen LogP contribution in [0.4, 0.5) is 5.82 Å². The number of fused-ring (bicyclic) bond motifs is 1. The summed E-state index contributed by atoms with van der Waals surface area (Å²) in [4.78, 5) is 13.0. The van der Waals surface area contributed by atoms with Gasteiger partial charge in [0.15, 0.2) is 0 Å². The number of amides is 1. The summed E-state index contributed by atoms with van der Waals surface area (Å²) >= 11 is 0. The summed E-state index contributed by atoms with van der Waals surface area (Å²) in [6.45, 7) is 0. The predicted molar refractivity (Wildman–Crippen MR) is 108 cm³/mol. The smallest absolute Gasteiger partial charge is 0.229 e. The molecule has 0 spiro atoms. The summed E-state index contributed by atoms with van der Waals surface area (Å²) in [7, 11) is 1.68. The molecule has 2 atom stereocenters. The molecule has 2 aliphatic carbocycles. The zero-order valence-electron chi connectivity index (χ0n) is 15.9. The Balaban J connectivity index is 1.41. The van der Waals surface area contributed by atoms with Crippen molar-refractivity contribution in [2.45, 2.75) is 31.6 Å². The van der Waals surface area contributed by atoms with Crippen molar-refractivity contribution in [3.8, 4) is 11.4 Å². The van der Waals surface area contributed by atoms with Crippen LogP contribution in [0.15, 0.2) is 54.6 Å². The van der Waals surface area contributed by atoms with Crippen molar-refractivity contribution in [3.05, 3.63) is 71.4 Å². The fourth-order valence-corrected chi connectivity index (χ4v) is 4.29. The molecular formula is C23H23N3O2. The third-order valence-electron chi connectivity index (χ3n) is 5.82. The third kappa shape index (κ3) is 2.87. The van der Waals surface area contributed by atoms with Crippen LogP contribution in [0, 0.1) is 5.92 Å². The van der Waals surface area contributed by atoms with Crippen molar-refractivity contribution in [3.63, 3.8) is 0 Å². The van der Waals surface area contributed by atoms with E-state index in [1.54, 1.807) is 7.11 Å². The van der Waals surface area contributed by atoms with Crippen LogP contribution < -0.4 is 10.1 Å². The first-order valence-electron chi connectivity index (χ1n) is 9.86. The number of methoxy groups -OCH3 is 1. The Bertz CT molecular complexity index is 1030. The summed E-state index contributed by atoms with van der Waals surface area (Å²) < 4.78 is 7.36. The monoisotopic (exact) mass is 373 g/mol. The van der Waals surface area contributed by atoms with Gasteiger partial charge in [-0.05, 0) is 55.4 Å². The second-order valence-corrected chi connectivity index (χ2v) is 7.55. The van der Waals surface area contributed by atoms with E-state index in [-0.39, 0.29) is 17.7 Å². The Morgan fingerprint density at radius 1 is 1.11 bits per heavy atom. The van der Waals surface area contributed by atoms with Crippen LogP contribution in [0.5, 0.6) is 5.75 Å². The average molecular weight is 373 g/mol. The molecule has 28 heavy (non-hydrogen) atoms. The minimum absolute atomic E-state index is 0.0209. The number of hydrogen-bond donors (Lipinski definition) is 1. The number of benzene rings is 2. The number of nitrogens with one attached hydrogen (secondary N) is 1. The van der Waals surface area contributed by atoms with Crippen molar-refractivity contribution in [2.24, 2.45) is 5.92 Å². The van der Waals surface area contributed by atoms with Gasteiger partial charge in [-0.25, -0.2) is 4.68 Å². The molecule has 1 amide bonds. The number of ether oxygens (including phenoxy) is 1. The predicted octanol–water partition coefficient (Wildman–Crippen LogP) is 4.11. The maximum atomic E-state index is 13.0. The lowest BCUT2D eigenvalue weighted by molar-refractivity contribution is -0.117. The van der Waals surface area contributed by atoms with Gasteiger partial charge < -0.3 is 10.1 Å². The second kappa shape index (κ2) is 6.82. The van der Waals surface area contributed by atoms with Crippen LogP contribution in [-0.4, -0.2) is 22.8 Å². The van der Waals surface area contributed by atoms with Gasteiger partial charge in [-0.2, -0.15) is 5.10 Å². The summed E-state index contributed by atoms with van der Waals surface area (Å²) in [5, 5.41) is 7.99. The van der Waals surface area contributed by atoms with Crippen molar-refractivity contribution in [2.75, 3.05) is 12.4 Å². The lowest BCUT2D eigenvalue weighted by Gasteiger charge is -2.12. The number of carbonyl (C=O) groups is 1. The minimum atomic E-state index is -0.0209. The molecular weight excluding hydrogens is 350 g/mol. The number of rotatable bonds is 5. The second-order valence-electron chi connectivity index (χ2n) is 7.55. The number of hydrogen-bond acceptors (Lipinski definition) is 3. The van der Waals surface area contributed by atoms with E-state index in [4.69, 9.17) is 9.84 Å². The standard InChI is InChI=1S/C23H23N3O2/c1-28-21-13-6-5-10-16(21)18-14-19(18)23(27)24-22-17-11-7-12-20(17)25-26(22)15-8-3-2-4-9-15/h2-6,8-10,13,18-19H,7,11-12,14H2,1H3,(H,24,27)/t18-,19-/m0/s1. The van der Waals surface area contributed by atoms with Crippen LogP contribution in [0.25, 0.3) is 5.69 Å².